The lowest BCUT2D eigenvalue weighted by molar-refractivity contribution is 0.168. The molecule has 0 spiro atoms. The van der Waals surface area contributed by atoms with Gasteiger partial charge in [-0.2, -0.15) is 5.10 Å². The quantitative estimate of drug-likeness (QED) is 0.705. The number of aryl methyl sites for hydroxylation is 1. The highest BCUT2D eigenvalue weighted by Crippen LogP contribution is 2.35. The predicted octanol–water partition coefficient (Wildman–Crippen LogP) is 3.43. The van der Waals surface area contributed by atoms with Crippen LogP contribution in [0, 0.1) is 18.3 Å². The van der Waals surface area contributed by atoms with Gasteiger partial charge >= 0.3 is 0 Å². The molecule has 0 aliphatic rings. The lowest BCUT2D eigenvalue weighted by atomic mass is 9.80. The summed E-state index contributed by atoms with van der Waals surface area (Å²) in [7, 11) is 0. The first-order chi connectivity index (χ1) is 6.32. The Balaban J connectivity index is 3.01. The third kappa shape index (κ3) is 2.37. The van der Waals surface area contributed by atoms with E-state index in [0.717, 1.165) is 0 Å². The Labute approximate surface area is 87.3 Å². The topological polar surface area (TPSA) is 17.8 Å². The summed E-state index contributed by atoms with van der Waals surface area (Å²) in [6.07, 6.45) is 4.07. The third-order valence-electron chi connectivity index (χ3n) is 2.53. The summed E-state index contributed by atoms with van der Waals surface area (Å²) in [6, 6.07) is 0.469. The Morgan fingerprint density at radius 1 is 1.29 bits per heavy atom. The maximum atomic E-state index is 4.42. The van der Waals surface area contributed by atoms with Crippen LogP contribution in [-0.4, -0.2) is 9.78 Å². The van der Waals surface area contributed by atoms with E-state index in [4.69, 9.17) is 0 Å². The minimum atomic E-state index is 0.257. The third-order valence-corrected chi connectivity index (χ3v) is 2.53. The molecule has 0 aromatic carbocycles. The number of aromatic nitrogens is 2. The summed E-state index contributed by atoms with van der Waals surface area (Å²) in [5, 5.41) is 4.42. The molecule has 1 aromatic rings. The van der Waals surface area contributed by atoms with Crippen molar-refractivity contribution >= 4 is 0 Å². The Morgan fingerprint density at radius 3 is 2.14 bits per heavy atom. The van der Waals surface area contributed by atoms with E-state index in [1.165, 1.54) is 5.56 Å². The second-order valence-corrected chi connectivity index (χ2v) is 5.55. The molecule has 2 nitrogen and oxygen atoms in total. The molecule has 1 unspecified atom stereocenters. The Bertz CT molecular complexity index is 292. The van der Waals surface area contributed by atoms with Gasteiger partial charge in [-0.15, -0.1) is 0 Å². The van der Waals surface area contributed by atoms with E-state index < -0.39 is 0 Å². The van der Waals surface area contributed by atoms with Gasteiger partial charge in [0.2, 0.25) is 0 Å². The van der Waals surface area contributed by atoms with Crippen molar-refractivity contribution in [2.24, 2.45) is 11.3 Å². The van der Waals surface area contributed by atoms with Gasteiger partial charge in [0.15, 0.2) is 0 Å². The van der Waals surface area contributed by atoms with Crippen LogP contribution in [0.2, 0.25) is 0 Å². The van der Waals surface area contributed by atoms with Crippen molar-refractivity contribution < 1.29 is 0 Å². The van der Waals surface area contributed by atoms with Gasteiger partial charge in [0.05, 0.1) is 12.2 Å². The molecule has 0 radical (unpaired) electrons. The lowest BCUT2D eigenvalue weighted by Gasteiger charge is -2.34. The zero-order chi connectivity index (χ0) is 10.9. The first-order valence-corrected chi connectivity index (χ1v) is 5.33. The second kappa shape index (κ2) is 3.76. The molecule has 1 rings (SSSR count). The van der Waals surface area contributed by atoms with Crippen molar-refractivity contribution in [3.05, 3.63) is 18.0 Å². The molecule has 1 atom stereocenters. The van der Waals surface area contributed by atoms with Crippen molar-refractivity contribution in [3.63, 3.8) is 0 Å². The Hall–Kier alpha value is -0.790. The maximum absolute atomic E-state index is 4.42. The molecule has 0 aliphatic carbocycles. The van der Waals surface area contributed by atoms with Crippen LogP contribution in [0.3, 0.4) is 0 Å². The monoisotopic (exact) mass is 194 g/mol. The summed E-state index contributed by atoms with van der Waals surface area (Å²) in [4.78, 5) is 0. The standard InChI is InChI=1S/C12H22N2/c1-9(2)11(12(4,5)6)14-8-10(3)7-13-14/h7-9,11H,1-6H3. The zero-order valence-corrected chi connectivity index (χ0v) is 10.2. The molecule has 0 bridgehead atoms. The SMILES string of the molecule is Cc1cnn(C(C(C)C)C(C)(C)C)c1. The molecule has 2 heteroatoms. The fraction of sp³-hybridized carbons (Fsp3) is 0.750. The first-order valence-electron chi connectivity index (χ1n) is 5.33. The Kier molecular flexibility index (Phi) is 3.03. The average Bonchev–Trinajstić information content (AvgIpc) is 2.31. The molecule has 1 aromatic heterocycles. The molecule has 0 N–H and O–H groups in total. The summed E-state index contributed by atoms with van der Waals surface area (Å²) in [5.74, 6) is 0.606. The van der Waals surface area contributed by atoms with Crippen LogP contribution in [0.4, 0.5) is 0 Å². The Morgan fingerprint density at radius 2 is 1.86 bits per heavy atom. The molecule has 14 heavy (non-hydrogen) atoms. The van der Waals surface area contributed by atoms with E-state index in [2.05, 4.69) is 57.5 Å². The van der Waals surface area contributed by atoms with Crippen LogP contribution in [0.25, 0.3) is 0 Å². The van der Waals surface area contributed by atoms with E-state index in [0.29, 0.717) is 12.0 Å². The highest BCUT2D eigenvalue weighted by atomic mass is 15.3. The van der Waals surface area contributed by atoms with Gasteiger partial charge in [0.25, 0.3) is 0 Å². The molecule has 0 amide bonds. The van der Waals surface area contributed by atoms with Gasteiger partial charge in [-0.1, -0.05) is 34.6 Å². The molecule has 0 fully saturated rings. The van der Waals surface area contributed by atoms with E-state index in [-0.39, 0.29) is 5.41 Å². The van der Waals surface area contributed by atoms with E-state index in [1.807, 2.05) is 6.20 Å². The fourth-order valence-electron chi connectivity index (χ4n) is 2.29. The fourth-order valence-corrected chi connectivity index (χ4v) is 2.29. The van der Waals surface area contributed by atoms with Gasteiger partial charge < -0.3 is 0 Å². The van der Waals surface area contributed by atoms with E-state index in [1.54, 1.807) is 0 Å². The van der Waals surface area contributed by atoms with Crippen molar-refractivity contribution in [2.75, 3.05) is 0 Å². The van der Waals surface area contributed by atoms with Crippen LogP contribution in [0.15, 0.2) is 12.4 Å². The number of nitrogens with zero attached hydrogens (tertiary/aromatic N) is 2. The molecule has 0 saturated heterocycles. The molecular weight excluding hydrogens is 172 g/mol. The summed E-state index contributed by atoms with van der Waals surface area (Å²) in [5.41, 5.74) is 1.49. The minimum Gasteiger partial charge on any atom is -0.269 e. The molecule has 0 saturated carbocycles. The van der Waals surface area contributed by atoms with Crippen molar-refractivity contribution in [1.29, 1.82) is 0 Å². The van der Waals surface area contributed by atoms with Crippen molar-refractivity contribution in [1.82, 2.24) is 9.78 Å². The summed E-state index contributed by atoms with van der Waals surface area (Å²) >= 11 is 0. The van der Waals surface area contributed by atoms with Crippen LogP contribution in [0.1, 0.15) is 46.2 Å². The highest BCUT2D eigenvalue weighted by Gasteiger charge is 2.29. The largest absolute Gasteiger partial charge is 0.269 e. The predicted molar refractivity (Wildman–Crippen MR) is 60.3 cm³/mol. The van der Waals surface area contributed by atoms with Gasteiger partial charge in [-0.25, -0.2) is 0 Å². The maximum Gasteiger partial charge on any atom is 0.0590 e. The zero-order valence-electron chi connectivity index (χ0n) is 10.2. The molecule has 0 aliphatic heterocycles. The number of hydrogen-bond donors (Lipinski definition) is 0. The van der Waals surface area contributed by atoms with Crippen LogP contribution >= 0.6 is 0 Å². The number of hydrogen-bond acceptors (Lipinski definition) is 1. The van der Waals surface area contributed by atoms with Gasteiger partial charge in [-0.05, 0) is 23.8 Å². The highest BCUT2D eigenvalue weighted by molar-refractivity contribution is 5.01. The van der Waals surface area contributed by atoms with Gasteiger partial charge in [0, 0.05) is 6.20 Å². The number of rotatable bonds is 2. The van der Waals surface area contributed by atoms with Crippen molar-refractivity contribution in [3.8, 4) is 0 Å². The van der Waals surface area contributed by atoms with Gasteiger partial charge in [-0.3, -0.25) is 4.68 Å². The molecule has 1 heterocycles. The van der Waals surface area contributed by atoms with Gasteiger partial charge in [0.1, 0.15) is 0 Å². The summed E-state index contributed by atoms with van der Waals surface area (Å²) in [6.45, 7) is 13.4. The van der Waals surface area contributed by atoms with Crippen LogP contribution in [0.5, 0.6) is 0 Å². The van der Waals surface area contributed by atoms with E-state index in [9.17, 15) is 0 Å². The van der Waals surface area contributed by atoms with Crippen LogP contribution < -0.4 is 0 Å². The smallest absolute Gasteiger partial charge is 0.0590 e. The second-order valence-electron chi connectivity index (χ2n) is 5.55. The summed E-state index contributed by atoms with van der Waals surface area (Å²) < 4.78 is 2.11. The molecule has 80 valence electrons. The lowest BCUT2D eigenvalue weighted by Crippen LogP contribution is -2.29. The normalized spacial score (nSPS) is 14.8. The van der Waals surface area contributed by atoms with Crippen molar-refractivity contribution in [2.45, 2.75) is 47.6 Å². The average molecular weight is 194 g/mol. The minimum absolute atomic E-state index is 0.257. The first kappa shape index (κ1) is 11.3. The molecular formula is C12H22N2. The van der Waals surface area contributed by atoms with Crippen LogP contribution in [-0.2, 0) is 0 Å². The van der Waals surface area contributed by atoms with E-state index >= 15 is 0 Å².